The highest BCUT2D eigenvalue weighted by Gasteiger charge is 2.54. The molecule has 12 nitrogen and oxygen atoms in total. The second kappa shape index (κ2) is 18.5. The normalized spacial score (nSPS) is 26.2. The molecule has 0 aliphatic carbocycles. The molecular weight excluding hydrogens is 709 g/mol. The molecule has 2 aromatic rings. The van der Waals surface area contributed by atoms with Gasteiger partial charge in [0.2, 0.25) is 0 Å². The fourth-order valence-corrected chi connectivity index (χ4v) is 12.4. The van der Waals surface area contributed by atoms with Crippen LogP contribution in [-0.4, -0.2) is 99.5 Å². The van der Waals surface area contributed by atoms with Gasteiger partial charge in [0.15, 0.2) is 24.6 Å². The average Bonchev–Trinajstić information content (AvgIpc) is 3.07. The molecule has 284 valence electrons. The van der Waals surface area contributed by atoms with Crippen molar-refractivity contribution in [2.24, 2.45) is 0 Å². The summed E-state index contributed by atoms with van der Waals surface area (Å²) < 4.78 is 48.1. The maximum Gasteiger partial charge on any atom is 0.303 e. The summed E-state index contributed by atoms with van der Waals surface area (Å²) in [5.41, 5.74) is -0.994. The average molecular weight is 759 g/mol. The quantitative estimate of drug-likeness (QED) is 0.118. The molecule has 0 N–H and O–H groups in total. The number of hydrogen-bond acceptors (Lipinski definition) is 13. The molecule has 52 heavy (non-hydrogen) atoms. The highest BCUT2D eigenvalue weighted by atomic mass is 32.2. The second-order valence-electron chi connectivity index (χ2n) is 13.5. The Morgan fingerprint density at radius 3 is 1.75 bits per heavy atom. The Morgan fingerprint density at radius 1 is 0.712 bits per heavy atom. The zero-order chi connectivity index (χ0) is 38.1. The van der Waals surface area contributed by atoms with Gasteiger partial charge in [-0.1, -0.05) is 93.6 Å². The van der Waals surface area contributed by atoms with Gasteiger partial charge in [0.1, 0.15) is 24.3 Å². The van der Waals surface area contributed by atoms with Gasteiger partial charge in [-0.3, -0.25) is 19.2 Å². The van der Waals surface area contributed by atoms with Crippen LogP contribution in [0.4, 0.5) is 0 Å². The number of benzene rings is 2. The van der Waals surface area contributed by atoms with Crippen LogP contribution in [0.1, 0.15) is 55.4 Å². The molecule has 2 heterocycles. The van der Waals surface area contributed by atoms with E-state index < -0.39 is 79.7 Å². The fraction of sp³-hybridized carbons (Fsp3) is 0.526. The predicted octanol–water partition coefficient (Wildman–Crippen LogP) is 4.07. The lowest BCUT2D eigenvalue weighted by Gasteiger charge is -2.45. The smallest absolute Gasteiger partial charge is 0.303 e. The molecule has 0 saturated carbocycles. The summed E-state index contributed by atoms with van der Waals surface area (Å²) in [6, 6.07) is 20.7. The summed E-state index contributed by atoms with van der Waals surface area (Å²) >= 11 is 1.21. The molecule has 14 heteroatoms. The lowest BCUT2D eigenvalue weighted by Crippen LogP contribution is -2.67. The summed E-state index contributed by atoms with van der Waals surface area (Å²) in [6.07, 6.45) is -2.19. The van der Waals surface area contributed by atoms with Crippen LogP contribution < -0.4 is 10.4 Å². The molecule has 1 fully saturated rings. The van der Waals surface area contributed by atoms with Crippen molar-refractivity contribution >= 4 is 54.3 Å². The van der Waals surface area contributed by atoms with Gasteiger partial charge in [-0.15, -0.1) is 11.8 Å². The first-order valence-electron chi connectivity index (χ1n) is 17.3. The van der Waals surface area contributed by atoms with Crippen molar-refractivity contribution in [3.05, 3.63) is 72.8 Å². The van der Waals surface area contributed by atoms with Crippen molar-refractivity contribution < 1.29 is 56.8 Å². The van der Waals surface area contributed by atoms with Gasteiger partial charge in [-0.2, -0.15) is 0 Å². The summed E-state index contributed by atoms with van der Waals surface area (Å²) in [5.74, 6) is -2.66. The van der Waals surface area contributed by atoms with Crippen molar-refractivity contribution in [1.29, 1.82) is 0 Å². The molecule has 2 aromatic carbocycles. The third-order valence-corrected chi connectivity index (χ3v) is 14.9. The molecule has 0 aromatic heterocycles. The van der Waals surface area contributed by atoms with Crippen LogP contribution in [-0.2, 0) is 56.8 Å². The van der Waals surface area contributed by atoms with Gasteiger partial charge in [0.05, 0.1) is 11.9 Å². The van der Waals surface area contributed by atoms with E-state index in [0.29, 0.717) is 6.61 Å². The number of hydrogen-bond donors (Lipinski definition) is 0. The summed E-state index contributed by atoms with van der Waals surface area (Å²) in [6.45, 7) is 13.5. The van der Waals surface area contributed by atoms with Crippen molar-refractivity contribution in [2.75, 3.05) is 19.8 Å². The first kappa shape index (κ1) is 41.2. The van der Waals surface area contributed by atoms with Gasteiger partial charge in [0, 0.05) is 34.3 Å². The van der Waals surface area contributed by atoms with Crippen molar-refractivity contribution in [3.63, 3.8) is 0 Å². The molecular formula is C38H50O12SSi. The molecule has 0 spiro atoms. The Labute approximate surface area is 310 Å². The van der Waals surface area contributed by atoms with Crippen LogP contribution in [0, 0.1) is 0 Å². The van der Waals surface area contributed by atoms with Gasteiger partial charge in [-0.25, -0.2) is 0 Å². The standard InChI is InChI=1S/C38H50O12SSi/c1-9-43-36-32(51-37-35(48-27(5)42)34(47-26(4)41)33(46-25(3)40)31(50-37)23-44-24(2)39)21-20-28(49-36)22-45-52(38(6,7)8,29-16-12-10-13-17-29)30-18-14-11-15-19-30/h10-21,28,31-37H,9,22-23H2,1-8H3/t28-,31+,32-,33+,34-,35+,36-,37-/m0/s1. The lowest BCUT2D eigenvalue weighted by atomic mass is 9.99. The first-order valence-corrected chi connectivity index (χ1v) is 20.2. The topological polar surface area (TPSA) is 142 Å². The Bertz CT molecular complexity index is 1490. The Morgan fingerprint density at radius 2 is 1.25 bits per heavy atom. The van der Waals surface area contributed by atoms with Crippen LogP contribution in [0.3, 0.4) is 0 Å². The Balaban J connectivity index is 1.64. The molecule has 1 saturated heterocycles. The Kier molecular flexibility index (Phi) is 14.7. The third kappa shape index (κ3) is 10.3. The van der Waals surface area contributed by atoms with E-state index in [4.69, 9.17) is 37.6 Å². The van der Waals surface area contributed by atoms with Crippen molar-refractivity contribution in [1.82, 2.24) is 0 Å². The van der Waals surface area contributed by atoms with Crippen molar-refractivity contribution in [3.8, 4) is 0 Å². The van der Waals surface area contributed by atoms with E-state index in [0.717, 1.165) is 10.4 Å². The summed E-state index contributed by atoms with van der Waals surface area (Å²) in [7, 11) is -2.86. The number of thioether (sulfide) groups is 1. The summed E-state index contributed by atoms with van der Waals surface area (Å²) in [5, 5.41) is 1.56. The SMILES string of the molecule is CCO[C@H]1O[C@H](CO[Si](c2ccccc2)(c2ccccc2)C(C)(C)C)C=C[C@@H]1S[C@@H]1O[C@H](COC(C)=O)[C@@H](OC(C)=O)[C@H](OC(C)=O)[C@H]1OC(C)=O. The van der Waals surface area contributed by atoms with Gasteiger partial charge in [0.25, 0.3) is 8.32 Å². The molecule has 2 aliphatic heterocycles. The molecule has 8 atom stereocenters. The van der Waals surface area contributed by atoms with Crippen LogP contribution in [0.15, 0.2) is 72.8 Å². The van der Waals surface area contributed by atoms with Gasteiger partial charge >= 0.3 is 23.9 Å². The van der Waals surface area contributed by atoms with E-state index in [2.05, 4.69) is 45.0 Å². The third-order valence-electron chi connectivity index (χ3n) is 8.54. The minimum absolute atomic E-state index is 0.235. The largest absolute Gasteiger partial charge is 0.463 e. The number of rotatable bonds is 14. The predicted molar refractivity (Wildman–Crippen MR) is 196 cm³/mol. The maximum absolute atomic E-state index is 12.4. The van der Waals surface area contributed by atoms with E-state index in [1.807, 2.05) is 55.5 Å². The van der Waals surface area contributed by atoms with Gasteiger partial charge < -0.3 is 37.6 Å². The fourth-order valence-electron chi connectivity index (χ4n) is 6.54. The van der Waals surface area contributed by atoms with E-state index in [1.54, 1.807) is 0 Å². The van der Waals surface area contributed by atoms with E-state index in [1.165, 1.54) is 39.5 Å². The monoisotopic (exact) mass is 758 g/mol. The molecule has 2 aliphatic rings. The number of esters is 4. The van der Waals surface area contributed by atoms with Crippen LogP contribution in [0.25, 0.3) is 0 Å². The zero-order valence-corrected chi connectivity index (χ0v) is 32.8. The van der Waals surface area contributed by atoms with Crippen LogP contribution in [0.5, 0.6) is 0 Å². The zero-order valence-electron chi connectivity index (χ0n) is 31.0. The van der Waals surface area contributed by atoms with Crippen LogP contribution >= 0.6 is 11.8 Å². The number of carbonyl (C=O) groups excluding carboxylic acids is 4. The van der Waals surface area contributed by atoms with Crippen molar-refractivity contribution in [2.45, 2.75) is 108 Å². The molecule has 0 amide bonds. The maximum atomic E-state index is 12.4. The number of ether oxygens (including phenoxy) is 7. The van der Waals surface area contributed by atoms with Crippen LogP contribution in [0.2, 0.25) is 5.04 Å². The highest BCUT2D eigenvalue weighted by molar-refractivity contribution is 8.00. The van der Waals surface area contributed by atoms with E-state index >= 15 is 0 Å². The second-order valence-corrected chi connectivity index (χ2v) is 19.1. The molecule has 0 radical (unpaired) electrons. The number of carbonyl (C=O) groups is 4. The minimum Gasteiger partial charge on any atom is -0.463 e. The van der Waals surface area contributed by atoms with Gasteiger partial charge in [-0.05, 0) is 22.3 Å². The highest BCUT2D eigenvalue weighted by Crippen LogP contribution is 2.40. The molecule has 4 rings (SSSR count). The molecule has 0 bridgehead atoms. The summed E-state index contributed by atoms with van der Waals surface area (Å²) in [4.78, 5) is 48.6. The van der Waals surface area contributed by atoms with E-state index in [9.17, 15) is 19.2 Å². The molecule has 0 unspecified atom stereocenters. The first-order chi connectivity index (χ1) is 24.7. The van der Waals surface area contributed by atoms with E-state index in [-0.39, 0.29) is 18.3 Å². The Hall–Kier alpha value is -3.53. The minimum atomic E-state index is -2.86. The lowest BCUT2D eigenvalue weighted by molar-refractivity contribution is -0.237.